The largest absolute Gasteiger partial charge is 0.481 e. The lowest BCUT2D eigenvalue weighted by Gasteiger charge is -2.39. The van der Waals surface area contributed by atoms with Gasteiger partial charge in [0.1, 0.15) is 0 Å². The Morgan fingerprint density at radius 1 is 1.12 bits per heavy atom. The number of carbonyl (C=O) groups excluding carboxylic acids is 1. The Bertz CT molecular complexity index is 659. The van der Waals surface area contributed by atoms with E-state index in [1.54, 1.807) is 0 Å². The number of hydrogen-bond donors (Lipinski definition) is 1. The number of aryl methyl sites for hydroxylation is 1. The van der Waals surface area contributed by atoms with E-state index in [1.165, 1.54) is 5.56 Å². The Morgan fingerprint density at radius 3 is 2.31 bits per heavy atom. The second-order valence-corrected chi connectivity index (χ2v) is 8.19. The molecular weight excluding hydrogens is 330 g/mol. The Hall–Kier alpha value is -1.88. The standard InChI is InChI=1S/C21H29NO4/c1-14-4-6-16(7-5-14)21(2,3)20(25)22-11-8-15(9-12-22)18-17(19(23)24)10-13-26-18/h4-7,15,17-18H,8-13H2,1-3H3,(H,23,24)/t17?,18-/m0/s1. The Labute approximate surface area is 155 Å². The first kappa shape index (κ1) is 18.9. The van der Waals surface area contributed by atoms with E-state index in [2.05, 4.69) is 0 Å². The lowest BCUT2D eigenvalue weighted by Crippen LogP contribution is -2.49. The molecule has 2 heterocycles. The van der Waals surface area contributed by atoms with E-state index in [9.17, 15) is 14.7 Å². The van der Waals surface area contributed by atoms with Gasteiger partial charge >= 0.3 is 5.97 Å². The summed E-state index contributed by atoms with van der Waals surface area (Å²) >= 11 is 0. The number of hydrogen-bond acceptors (Lipinski definition) is 3. The van der Waals surface area contributed by atoms with Crippen LogP contribution in [0.15, 0.2) is 24.3 Å². The molecule has 1 unspecified atom stereocenters. The van der Waals surface area contributed by atoms with E-state index >= 15 is 0 Å². The van der Waals surface area contributed by atoms with Gasteiger partial charge in [0.25, 0.3) is 0 Å². The van der Waals surface area contributed by atoms with E-state index in [1.807, 2.05) is 49.9 Å². The smallest absolute Gasteiger partial charge is 0.309 e. The summed E-state index contributed by atoms with van der Waals surface area (Å²) in [5, 5.41) is 9.36. The molecule has 3 rings (SSSR count). The summed E-state index contributed by atoms with van der Waals surface area (Å²) in [6.07, 6.45) is 2.02. The summed E-state index contributed by atoms with van der Waals surface area (Å²) < 4.78 is 5.73. The zero-order valence-electron chi connectivity index (χ0n) is 15.9. The van der Waals surface area contributed by atoms with E-state index in [0.717, 1.165) is 18.4 Å². The number of amides is 1. The van der Waals surface area contributed by atoms with Crippen molar-refractivity contribution >= 4 is 11.9 Å². The number of likely N-dealkylation sites (tertiary alicyclic amines) is 1. The molecule has 2 atom stereocenters. The molecule has 2 aliphatic rings. The lowest BCUT2D eigenvalue weighted by molar-refractivity contribution is -0.146. The Morgan fingerprint density at radius 2 is 1.73 bits per heavy atom. The molecule has 5 heteroatoms. The summed E-state index contributed by atoms with van der Waals surface area (Å²) in [5.74, 6) is -0.787. The fourth-order valence-corrected chi connectivity index (χ4v) is 4.26. The van der Waals surface area contributed by atoms with Crippen LogP contribution in [-0.4, -0.2) is 47.7 Å². The lowest BCUT2D eigenvalue weighted by atomic mass is 9.80. The number of aliphatic carboxylic acids is 1. The highest BCUT2D eigenvalue weighted by molar-refractivity contribution is 5.87. The molecule has 26 heavy (non-hydrogen) atoms. The van der Waals surface area contributed by atoms with E-state index in [0.29, 0.717) is 26.1 Å². The van der Waals surface area contributed by atoms with Gasteiger partial charge in [-0.1, -0.05) is 29.8 Å². The molecule has 0 aliphatic carbocycles. The van der Waals surface area contributed by atoms with Crippen LogP contribution < -0.4 is 0 Å². The van der Waals surface area contributed by atoms with E-state index in [-0.39, 0.29) is 17.9 Å². The maximum absolute atomic E-state index is 13.1. The minimum Gasteiger partial charge on any atom is -0.481 e. The van der Waals surface area contributed by atoms with Crippen molar-refractivity contribution < 1.29 is 19.4 Å². The van der Waals surface area contributed by atoms with Gasteiger partial charge in [-0.15, -0.1) is 0 Å². The molecule has 2 fully saturated rings. The third-order valence-electron chi connectivity index (χ3n) is 6.05. The average Bonchev–Trinajstić information content (AvgIpc) is 3.11. The predicted molar refractivity (Wildman–Crippen MR) is 99.0 cm³/mol. The third kappa shape index (κ3) is 3.63. The average molecular weight is 359 g/mol. The Balaban J connectivity index is 1.63. The number of ether oxygens (including phenoxy) is 1. The first-order chi connectivity index (χ1) is 12.3. The second-order valence-electron chi connectivity index (χ2n) is 8.19. The monoisotopic (exact) mass is 359 g/mol. The van der Waals surface area contributed by atoms with Gasteiger partial charge in [-0.25, -0.2) is 0 Å². The molecule has 1 aromatic rings. The van der Waals surface area contributed by atoms with Crippen LogP contribution >= 0.6 is 0 Å². The maximum atomic E-state index is 13.1. The molecular formula is C21H29NO4. The van der Waals surface area contributed by atoms with Crippen LogP contribution in [0.4, 0.5) is 0 Å². The SMILES string of the molecule is Cc1ccc(C(C)(C)C(=O)N2CCC([C@@H]3OCCC3C(=O)O)CC2)cc1. The summed E-state index contributed by atoms with van der Waals surface area (Å²) in [7, 11) is 0. The summed E-state index contributed by atoms with van der Waals surface area (Å²) in [4.78, 5) is 26.4. The number of benzene rings is 1. The summed E-state index contributed by atoms with van der Waals surface area (Å²) in [6.45, 7) is 7.87. The van der Waals surface area contributed by atoms with Gasteiger partial charge < -0.3 is 14.7 Å². The van der Waals surface area contributed by atoms with Crippen molar-refractivity contribution in [3.05, 3.63) is 35.4 Å². The van der Waals surface area contributed by atoms with Gasteiger partial charge in [-0.3, -0.25) is 9.59 Å². The van der Waals surface area contributed by atoms with E-state index < -0.39 is 17.3 Å². The zero-order chi connectivity index (χ0) is 18.9. The molecule has 0 aromatic heterocycles. The molecule has 2 saturated heterocycles. The molecule has 1 amide bonds. The van der Waals surface area contributed by atoms with Crippen molar-refractivity contribution in [2.24, 2.45) is 11.8 Å². The fourth-order valence-electron chi connectivity index (χ4n) is 4.26. The minimum absolute atomic E-state index is 0.141. The highest BCUT2D eigenvalue weighted by Crippen LogP contribution is 2.35. The van der Waals surface area contributed by atoms with Crippen LogP contribution in [0.2, 0.25) is 0 Å². The second kappa shape index (κ2) is 7.39. The molecule has 142 valence electrons. The molecule has 5 nitrogen and oxygen atoms in total. The van der Waals surface area contributed by atoms with Gasteiger partial charge in [-0.2, -0.15) is 0 Å². The highest BCUT2D eigenvalue weighted by Gasteiger charge is 2.42. The van der Waals surface area contributed by atoms with Crippen molar-refractivity contribution in [3.8, 4) is 0 Å². The molecule has 1 aromatic carbocycles. The van der Waals surface area contributed by atoms with Crippen LogP contribution in [0.25, 0.3) is 0 Å². The molecule has 1 N–H and O–H groups in total. The first-order valence-electron chi connectivity index (χ1n) is 9.51. The predicted octanol–water partition coefficient (Wildman–Crippen LogP) is 3.00. The number of carboxylic acids is 1. The van der Waals surface area contributed by atoms with Gasteiger partial charge in [0.15, 0.2) is 0 Å². The Kier molecular flexibility index (Phi) is 5.37. The highest BCUT2D eigenvalue weighted by atomic mass is 16.5. The van der Waals surface area contributed by atoms with Crippen molar-refractivity contribution in [2.75, 3.05) is 19.7 Å². The fraction of sp³-hybridized carbons (Fsp3) is 0.619. The number of carboxylic acid groups (broad SMARTS) is 1. The van der Waals surface area contributed by atoms with Gasteiger partial charge in [0, 0.05) is 19.7 Å². The van der Waals surface area contributed by atoms with Crippen LogP contribution in [0.3, 0.4) is 0 Å². The van der Waals surface area contributed by atoms with Crippen molar-refractivity contribution in [3.63, 3.8) is 0 Å². The van der Waals surface area contributed by atoms with E-state index in [4.69, 9.17) is 4.74 Å². The van der Waals surface area contributed by atoms with Crippen molar-refractivity contribution in [2.45, 2.75) is 51.6 Å². The van der Waals surface area contributed by atoms with Gasteiger partial charge in [0.2, 0.25) is 5.91 Å². The zero-order valence-corrected chi connectivity index (χ0v) is 15.9. The topological polar surface area (TPSA) is 66.8 Å². The molecule has 0 bridgehead atoms. The van der Waals surface area contributed by atoms with Crippen molar-refractivity contribution in [1.82, 2.24) is 4.90 Å². The van der Waals surface area contributed by atoms with Gasteiger partial charge in [0.05, 0.1) is 17.4 Å². The summed E-state index contributed by atoms with van der Waals surface area (Å²) in [6, 6.07) is 8.15. The van der Waals surface area contributed by atoms with Crippen LogP contribution in [-0.2, 0) is 19.7 Å². The molecule has 0 saturated carbocycles. The number of carbonyl (C=O) groups is 2. The van der Waals surface area contributed by atoms with Crippen LogP contribution in [0, 0.1) is 18.8 Å². The minimum atomic E-state index is -0.758. The van der Waals surface area contributed by atoms with Crippen molar-refractivity contribution in [1.29, 1.82) is 0 Å². The van der Waals surface area contributed by atoms with Crippen LogP contribution in [0.1, 0.15) is 44.2 Å². The maximum Gasteiger partial charge on any atom is 0.309 e. The first-order valence-corrected chi connectivity index (χ1v) is 9.51. The third-order valence-corrected chi connectivity index (χ3v) is 6.05. The molecule has 2 aliphatic heterocycles. The molecule has 0 spiro atoms. The summed E-state index contributed by atoms with van der Waals surface area (Å²) in [5.41, 5.74) is 1.65. The number of rotatable bonds is 4. The number of nitrogens with zero attached hydrogens (tertiary/aromatic N) is 1. The van der Waals surface area contributed by atoms with Crippen LogP contribution in [0.5, 0.6) is 0 Å². The quantitative estimate of drug-likeness (QED) is 0.897. The molecule has 0 radical (unpaired) electrons. The normalized spacial score (nSPS) is 24.7. The van der Waals surface area contributed by atoms with Gasteiger partial charge in [-0.05, 0) is 51.5 Å². The number of piperidine rings is 1.